The second-order valence-electron chi connectivity index (χ2n) is 5.19. The monoisotopic (exact) mass is 272 g/mol. The van der Waals surface area contributed by atoms with Crippen molar-refractivity contribution in [3.63, 3.8) is 0 Å². The molecular formula is C16H20N2O2. The average Bonchev–Trinajstić information content (AvgIpc) is 2.50. The molecule has 20 heavy (non-hydrogen) atoms. The first-order chi connectivity index (χ1) is 9.72. The third-order valence-electron chi connectivity index (χ3n) is 4.11. The minimum absolute atomic E-state index is 0.0378. The number of rotatable bonds is 4. The highest BCUT2D eigenvalue weighted by molar-refractivity contribution is 5.78. The topological polar surface area (TPSA) is 64.3 Å². The van der Waals surface area contributed by atoms with E-state index in [0.29, 0.717) is 6.42 Å². The summed E-state index contributed by atoms with van der Waals surface area (Å²) in [6.07, 6.45) is 2.09. The van der Waals surface area contributed by atoms with Gasteiger partial charge in [0.15, 0.2) is 0 Å². The van der Waals surface area contributed by atoms with Gasteiger partial charge in [-0.1, -0.05) is 43.7 Å². The molecule has 0 saturated carbocycles. The van der Waals surface area contributed by atoms with Crippen LogP contribution in [-0.4, -0.2) is 28.6 Å². The SMILES string of the molecule is CC[C@@H]1CCC(=O)N([C@@H](CO)c2ccccc2)[C@@H]1C#N. The van der Waals surface area contributed by atoms with Gasteiger partial charge in [0.25, 0.3) is 0 Å². The summed E-state index contributed by atoms with van der Waals surface area (Å²) in [5.74, 6) is 0.152. The molecule has 0 aromatic heterocycles. The molecule has 0 radical (unpaired) electrons. The summed E-state index contributed by atoms with van der Waals surface area (Å²) in [5.41, 5.74) is 0.875. The molecule has 1 aromatic rings. The van der Waals surface area contributed by atoms with E-state index in [0.717, 1.165) is 18.4 Å². The Labute approximate surface area is 119 Å². The normalized spacial score (nSPS) is 24.2. The third kappa shape index (κ3) is 2.68. The Morgan fingerprint density at radius 1 is 1.45 bits per heavy atom. The van der Waals surface area contributed by atoms with Crippen LogP contribution in [0.3, 0.4) is 0 Å². The quantitative estimate of drug-likeness (QED) is 0.914. The summed E-state index contributed by atoms with van der Waals surface area (Å²) >= 11 is 0. The Morgan fingerprint density at radius 3 is 2.70 bits per heavy atom. The minimum Gasteiger partial charge on any atom is -0.394 e. The Bertz CT molecular complexity index is 495. The molecule has 1 aliphatic rings. The molecule has 4 heteroatoms. The summed E-state index contributed by atoms with van der Waals surface area (Å²) in [7, 11) is 0. The van der Waals surface area contributed by atoms with E-state index in [-0.39, 0.29) is 18.4 Å². The van der Waals surface area contributed by atoms with Crippen LogP contribution in [0.25, 0.3) is 0 Å². The van der Waals surface area contributed by atoms with Crippen molar-refractivity contribution in [1.29, 1.82) is 5.26 Å². The van der Waals surface area contributed by atoms with Gasteiger partial charge in [0.1, 0.15) is 6.04 Å². The number of benzene rings is 1. The molecule has 4 nitrogen and oxygen atoms in total. The largest absolute Gasteiger partial charge is 0.394 e. The first kappa shape index (κ1) is 14.5. The number of aliphatic hydroxyl groups is 1. The zero-order valence-corrected chi connectivity index (χ0v) is 11.7. The van der Waals surface area contributed by atoms with E-state index in [1.165, 1.54) is 0 Å². The molecule has 3 atom stereocenters. The lowest BCUT2D eigenvalue weighted by atomic mass is 9.85. The zero-order chi connectivity index (χ0) is 14.5. The van der Waals surface area contributed by atoms with E-state index in [9.17, 15) is 15.2 Å². The molecule has 1 heterocycles. The lowest BCUT2D eigenvalue weighted by Gasteiger charge is -2.41. The zero-order valence-electron chi connectivity index (χ0n) is 11.7. The van der Waals surface area contributed by atoms with E-state index < -0.39 is 12.1 Å². The molecule has 1 amide bonds. The number of nitrogens with zero attached hydrogens (tertiary/aromatic N) is 2. The van der Waals surface area contributed by atoms with E-state index in [2.05, 4.69) is 6.07 Å². The number of hydrogen-bond donors (Lipinski definition) is 1. The number of carbonyl (C=O) groups excluding carboxylic acids is 1. The van der Waals surface area contributed by atoms with E-state index in [1.54, 1.807) is 4.90 Å². The summed E-state index contributed by atoms with van der Waals surface area (Å²) in [5, 5.41) is 19.2. The maximum absolute atomic E-state index is 12.3. The molecule has 1 aliphatic heterocycles. The first-order valence-corrected chi connectivity index (χ1v) is 7.09. The molecule has 106 valence electrons. The Morgan fingerprint density at radius 2 is 2.15 bits per heavy atom. The maximum Gasteiger partial charge on any atom is 0.224 e. The minimum atomic E-state index is -0.446. The summed E-state index contributed by atoms with van der Waals surface area (Å²) in [6.45, 7) is 1.88. The lowest BCUT2D eigenvalue weighted by Crippen LogP contribution is -2.50. The number of amides is 1. The number of piperidine rings is 1. The fourth-order valence-corrected chi connectivity index (χ4v) is 2.97. The molecule has 1 aromatic carbocycles. The van der Waals surface area contributed by atoms with Gasteiger partial charge < -0.3 is 10.0 Å². The van der Waals surface area contributed by atoms with E-state index >= 15 is 0 Å². The van der Waals surface area contributed by atoms with Crippen molar-refractivity contribution >= 4 is 5.91 Å². The fourth-order valence-electron chi connectivity index (χ4n) is 2.97. The van der Waals surface area contributed by atoms with Crippen LogP contribution in [0, 0.1) is 17.2 Å². The Hall–Kier alpha value is -1.86. The second kappa shape index (κ2) is 6.53. The predicted molar refractivity (Wildman–Crippen MR) is 75.5 cm³/mol. The highest BCUT2D eigenvalue weighted by Crippen LogP contribution is 2.33. The molecule has 0 aliphatic carbocycles. The number of likely N-dealkylation sites (tertiary alicyclic amines) is 1. The van der Waals surface area contributed by atoms with Gasteiger partial charge in [-0.25, -0.2) is 0 Å². The number of carbonyl (C=O) groups is 1. The van der Waals surface area contributed by atoms with Crippen LogP contribution in [0.5, 0.6) is 0 Å². The third-order valence-corrected chi connectivity index (χ3v) is 4.11. The van der Waals surface area contributed by atoms with Gasteiger partial charge in [0.05, 0.1) is 18.7 Å². The van der Waals surface area contributed by atoms with Crippen LogP contribution < -0.4 is 0 Å². The summed E-state index contributed by atoms with van der Waals surface area (Å²) in [6, 6.07) is 10.8. The molecule has 1 fully saturated rings. The Kier molecular flexibility index (Phi) is 4.75. The molecule has 2 rings (SSSR count). The Balaban J connectivity index is 2.35. The van der Waals surface area contributed by atoms with Gasteiger partial charge in [0, 0.05) is 6.42 Å². The second-order valence-corrected chi connectivity index (χ2v) is 5.19. The van der Waals surface area contributed by atoms with Gasteiger partial charge in [-0.05, 0) is 17.9 Å². The molecule has 1 N–H and O–H groups in total. The van der Waals surface area contributed by atoms with Gasteiger partial charge in [-0.15, -0.1) is 0 Å². The summed E-state index contributed by atoms with van der Waals surface area (Å²) < 4.78 is 0. The highest BCUT2D eigenvalue weighted by Gasteiger charge is 2.39. The van der Waals surface area contributed by atoms with Gasteiger partial charge >= 0.3 is 0 Å². The van der Waals surface area contributed by atoms with Gasteiger partial charge in [-0.3, -0.25) is 4.79 Å². The van der Waals surface area contributed by atoms with Gasteiger partial charge in [0.2, 0.25) is 5.91 Å². The predicted octanol–water partition coefficient (Wildman–Crippen LogP) is 2.26. The van der Waals surface area contributed by atoms with Crippen LogP contribution in [0.1, 0.15) is 37.8 Å². The van der Waals surface area contributed by atoms with Crippen molar-refractivity contribution in [2.24, 2.45) is 5.92 Å². The molecule has 0 bridgehead atoms. The van der Waals surface area contributed by atoms with Crippen LogP contribution in [0.4, 0.5) is 0 Å². The maximum atomic E-state index is 12.3. The van der Waals surface area contributed by atoms with E-state index in [1.807, 2.05) is 37.3 Å². The first-order valence-electron chi connectivity index (χ1n) is 7.09. The van der Waals surface area contributed by atoms with E-state index in [4.69, 9.17) is 0 Å². The van der Waals surface area contributed by atoms with Crippen LogP contribution in [0.2, 0.25) is 0 Å². The number of aliphatic hydroxyl groups excluding tert-OH is 1. The standard InChI is InChI=1S/C16H20N2O2/c1-2-12-8-9-16(20)18(14(12)10-17)15(11-19)13-6-4-3-5-7-13/h3-7,12,14-15,19H,2,8-9,11H2,1H3/t12-,14-,15+/m1/s1. The van der Waals surface area contributed by atoms with Crippen molar-refractivity contribution in [3.05, 3.63) is 35.9 Å². The van der Waals surface area contributed by atoms with Crippen molar-refractivity contribution in [3.8, 4) is 6.07 Å². The molecule has 1 saturated heterocycles. The highest BCUT2D eigenvalue weighted by atomic mass is 16.3. The average molecular weight is 272 g/mol. The van der Waals surface area contributed by atoms with Crippen LogP contribution >= 0.6 is 0 Å². The van der Waals surface area contributed by atoms with Crippen molar-refractivity contribution in [2.45, 2.75) is 38.3 Å². The molecule has 0 unspecified atom stereocenters. The lowest BCUT2D eigenvalue weighted by molar-refractivity contribution is -0.141. The van der Waals surface area contributed by atoms with Crippen molar-refractivity contribution in [2.75, 3.05) is 6.61 Å². The van der Waals surface area contributed by atoms with Crippen molar-refractivity contribution in [1.82, 2.24) is 4.90 Å². The smallest absolute Gasteiger partial charge is 0.224 e. The number of hydrogen-bond acceptors (Lipinski definition) is 3. The molecule has 0 spiro atoms. The van der Waals surface area contributed by atoms with Crippen LogP contribution in [-0.2, 0) is 4.79 Å². The van der Waals surface area contributed by atoms with Gasteiger partial charge in [-0.2, -0.15) is 5.26 Å². The fraction of sp³-hybridized carbons (Fsp3) is 0.500. The molecular weight excluding hydrogens is 252 g/mol. The van der Waals surface area contributed by atoms with Crippen LogP contribution in [0.15, 0.2) is 30.3 Å². The van der Waals surface area contributed by atoms with Crippen molar-refractivity contribution < 1.29 is 9.90 Å². The summed E-state index contributed by atoms with van der Waals surface area (Å²) in [4.78, 5) is 13.9. The number of nitriles is 1.